The zero-order valence-electron chi connectivity index (χ0n) is 6.11. The Morgan fingerprint density at radius 2 is 2.11 bits per heavy atom. The molecule has 0 atom stereocenters. The Kier molecular flexibility index (Phi) is 6.93. The molecule has 0 aromatic heterocycles. The second-order valence-corrected chi connectivity index (χ2v) is 4.88. The molecule has 0 spiro atoms. The molecule has 1 radical (unpaired) electrons. The van der Waals surface area contributed by atoms with Crippen LogP contribution in [-0.4, -0.2) is 15.0 Å². The molecule has 0 heterocycles. The summed E-state index contributed by atoms with van der Waals surface area (Å²) in [5, 5.41) is 0. The number of halogens is 1. The van der Waals surface area contributed by atoms with Gasteiger partial charge in [0.2, 0.25) is 0 Å². The van der Waals surface area contributed by atoms with Crippen molar-refractivity contribution in [2.45, 2.75) is 32.7 Å². The third-order valence-electron chi connectivity index (χ3n) is 1.03. The largest absolute Gasteiger partial charge is 0.403 e. The SMILES string of the molecule is CCCCO[Si](Cl)CC. The van der Waals surface area contributed by atoms with Gasteiger partial charge in [-0.2, -0.15) is 0 Å². The standard InChI is InChI=1S/C6H14ClOSi/c1-3-5-6-8-9(7)4-2/h3-6H2,1-2H3. The van der Waals surface area contributed by atoms with Crippen molar-refractivity contribution in [3.63, 3.8) is 0 Å². The first-order chi connectivity index (χ1) is 4.31. The molecule has 0 saturated carbocycles. The van der Waals surface area contributed by atoms with Gasteiger partial charge in [-0.05, 0) is 12.5 Å². The molecule has 0 fully saturated rings. The minimum absolute atomic E-state index is 0.849. The van der Waals surface area contributed by atoms with Gasteiger partial charge in [-0.15, -0.1) is 11.1 Å². The predicted molar refractivity (Wildman–Crippen MR) is 42.9 cm³/mol. The normalized spacial score (nSPS) is 10.7. The van der Waals surface area contributed by atoms with Crippen LogP contribution in [0.2, 0.25) is 6.04 Å². The van der Waals surface area contributed by atoms with E-state index in [1.165, 1.54) is 6.42 Å². The van der Waals surface area contributed by atoms with Crippen LogP contribution < -0.4 is 0 Å². The molecular formula is C6H14ClOSi. The van der Waals surface area contributed by atoms with E-state index in [1.54, 1.807) is 0 Å². The van der Waals surface area contributed by atoms with Gasteiger partial charge in [0.05, 0.1) is 0 Å². The molecule has 0 aliphatic heterocycles. The van der Waals surface area contributed by atoms with Gasteiger partial charge in [0.1, 0.15) is 0 Å². The molecule has 0 saturated heterocycles. The van der Waals surface area contributed by atoms with Gasteiger partial charge in [-0.25, -0.2) is 0 Å². The monoisotopic (exact) mass is 165 g/mol. The van der Waals surface area contributed by atoms with Gasteiger partial charge in [-0.3, -0.25) is 0 Å². The minimum Gasteiger partial charge on any atom is -0.403 e. The number of unbranched alkanes of at least 4 members (excludes halogenated alkanes) is 1. The molecule has 0 aliphatic rings. The minimum atomic E-state index is -0.929. The van der Waals surface area contributed by atoms with Gasteiger partial charge >= 0.3 is 8.35 Å². The van der Waals surface area contributed by atoms with Crippen LogP contribution in [0.3, 0.4) is 0 Å². The summed E-state index contributed by atoms with van der Waals surface area (Å²) in [6.07, 6.45) is 2.33. The van der Waals surface area contributed by atoms with Gasteiger partial charge in [0.15, 0.2) is 0 Å². The maximum Gasteiger partial charge on any atom is 0.322 e. The summed E-state index contributed by atoms with van der Waals surface area (Å²) < 4.78 is 5.30. The first-order valence-corrected chi connectivity index (χ1v) is 6.08. The first-order valence-electron chi connectivity index (χ1n) is 3.45. The number of hydrogen-bond acceptors (Lipinski definition) is 1. The van der Waals surface area contributed by atoms with Gasteiger partial charge in [0.25, 0.3) is 0 Å². The second kappa shape index (κ2) is 6.58. The molecular weight excluding hydrogens is 152 g/mol. The molecule has 55 valence electrons. The van der Waals surface area contributed by atoms with Crippen LogP contribution in [0.1, 0.15) is 26.7 Å². The van der Waals surface area contributed by atoms with Crippen molar-refractivity contribution in [3.05, 3.63) is 0 Å². The van der Waals surface area contributed by atoms with E-state index in [1.807, 2.05) is 0 Å². The zero-order chi connectivity index (χ0) is 7.11. The summed E-state index contributed by atoms with van der Waals surface area (Å²) in [5.41, 5.74) is 0. The molecule has 0 aromatic rings. The Hall–Kier alpha value is 0.467. The Bertz CT molecular complexity index is 61.0. The van der Waals surface area contributed by atoms with E-state index in [0.717, 1.165) is 19.1 Å². The molecule has 0 unspecified atom stereocenters. The van der Waals surface area contributed by atoms with Crippen LogP contribution in [-0.2, 0) is 4.43 Å². The molecule has 3 heteroatoms. The number of rotatable bonds is 5. The van der Waals surface area contributed by atoms with Crippen molar-refractivity contribution in [1.29, 1.82) is 0 Å². The van der Waals surface area contributed by atoms with Crippen LogP contribution in [0.4, 0.5) is 0 Å². The van der Waals surface area contributed by atoms with Crippen molar-refractivity contribution < 1.29 is 4.43 Å². The average molecular weight is 166 g/mol. The van der Waals surface area contributed by atoms with Gasteiger partial charge in [-0.1, -0.05) is 20.3 Å². The van der Waals surface area contributed by atoms with Crippen molar-refractivity contribution >= 4 is 19.4 Å². The van der Waals surface area contributed by atoms with Gasteiger partial charge in [0, 0.05) is 6.61 Å². The van der Waals surface area contributed by atoms with Crippen LogP contribution in [0.5, 0.6) is 0 Å². The molecule has 9 heavy (non-hydrogen) atoms. The number of hydrogen-bond donors (Lipinski definition) is 0. The lowest BCUT2D eigenvalue weighted by molar-refractivity contribution is 0.321. The molecule has 0 N–H and O–H groups in total. The average Bonchev–Trinajstić information content (AvgIpc) is 1.89. The highest BCUT2D eigenvalue weighted by molar-refractivity contribution is 7.03. The molecule has 1 nitrogen and oxygen atoms in total. The van der Waals surface area contributed by atoms with E-state index >= 15 is 0 Å². The van der Waals surface area contributed by atoms with E-state index in [9.17, 15) is 0 Å². The maximum absolute atomic E-state index is 5.78. The highest BCUT2D eigenvalue weighted by Crippen LogP contribution is 1.99. The fourth-order valence-electron chi connectivity index (χ4n) is 0.429. The van der Waals surface area contributed by atoms with E-state index < -0.39 is 8.35 Å². The van der Waals surface area contributed by atoms with E-state index in [0.29, 0.717) is 0 Å². The van der Waals surface area contributed by atoms with Gasteiger partial charge < -0.3 is 4.43 Å². The van der Waals surface area contributed by atoms with E-state index in [-0.39, 0.29) is 0 Å². The smallest absolute Gasteiger partial charge is 0.322 e. The summed E-state index contributed by atoms with van der Waals surface area (Å²) in [4.78, 5) is 0. The molecule has 0 amide bonds. The summed E-state index contributed by atoms with van der Waals surface area (Å²) in [6.45, 7) is 5.06. The van der Waals surface area contributed by atoms with Crippen molar-refractivity contribution in [1.82, 2.24) is 0 Å². The fraction of sp³-hybridized carbons (Fsp3) is 1.00. The summed E-state index contributed by atoms with van der Waals surface area (Å²) in [7, 11) is -0.929. The highest BCUT2D eigenvalue weighted by atomic mass is 35.6. The van der Waals surface area contributed by atoms with Crippen LogP contribution >= 0.6 is 11.1 Å². The van der Waals surface area contributed by atoms with Crippen LogP contribution in [0.25, 0.3) is 0 Å². The zero-order valence-corrected chi connectivity index (χ0v) is 7.87. The van der Waals surface area contributed by atoms with Crippen LogP contribution in [0, 0.1) is 0 Å². The topological polar surface area (TPSA) is 9.23 Å². The summed E-state index contributed by atoms with van der Waals surface area (Å²) >= 11 is 5.78. The Morgan fingerprint density at radius 3 is 2.56 bits per heavy atom. The predicted octanol–water partition coefficient (Wildman–Crippen LogP) is 2.55. The van der Waals surface area contributed by atoms with Crippen molar-refractivity contribution in [3.8, 4) is 0 Å². The molecule has 0 bridgehead atoms. The lowest BCUT2D eigenvalue weighted by Crippen LogP contribution is -2.09. The van der Waals surface area contributed by atoms with Crippen LogP contribution in [0.15, 0.2) is 0 Å². The van der Waals surface area contributed by atoms with Crippen molar-refractivity contribution in [2.24, 2.45) is 0 Å². The lowest BCUT2D eigenvalue weighted by atomic mass is 10.4. The Labute approximate surface area is 63.8 Å². The first kappa shape index (κ1) is 9.47. The summed E-state index contributed by atoms with van der Waals surface area (Å²) in [5.74, 6) is 0. The molecule has 0 aromatic carbocycles. The summed E-state index contributed by atoms with van der Waals surface area (Å²) in [6, 6.07) is 0.996. The quantitative estimate of drug-likeness (QED) is 0.346. The molecule has 0 rings (SSSR count). The highest BCUT2D eigenvalue weighted by Gasteiger charge is 2.03. The lowest BCUT2D eigenvalue weighted by Gasteiger charge is -2.03. The fourth-order valence-corrected chi connectivity index (χ4v) is 1.23. The second-order valence-electron chi connectivity index (χ2n) is 1.91. The molecule has 0 aliphatic carbocycles. The Morgan fingerprint density at radius 1 is 1.44 bits per heavy atom. The maximum atomic E-state index is 5.78. The third-order valence-corrected chi connectivity index (χ3v) is 3.24. The van der Waals surface area contributed by atoms with E-state index in [2.05, 4.69) is 13.8 Å². The van der Waals surface area contributed by atoms with E-state index in [4.69, 9.17) is 15.5 Å². The third kappa shape index (κ3) is 6.35. The van der Waals surface area contributed by atoms with Crippen molar-refractivity contribution in [2.75, 3.05) is 6.61 Å². The Balaban J connectivity index is 2.88.